The SMILES string of the molecule is Cl.NC(CO)C(=O)NCC(O)c1cccc(Oc2ccccc2)c1. The highest BCUT2D eigenvalue weighted by Gasteiger charge is 2.15. The molecule has 0 aliphatic heterocycles. The molecule has 2 unspecified atom stereocenters. The number of nitrogens with one attached hydrogen (secondary N) is 1. The molecular weight excluding hydrogens is 332 g/mol. The maximum atomic E-state index is 11.5. The number of amides is 1. The summed E-state index contributed by atoms with van der Waals surface area (Å²) in [6.07, 6.45) is -0.899. The van der Waals surface area contributed by atoms with Gasteiger partial charge in [-0.2, -0.15) is 0 Å². The number of benzene rings is 2. The van der Waals surface area contributed by atoms with Crippen LogP contribution in [-0.2, 0) is 4.79 Å². The normalized spacial score (nSPS) is 12.6. The van der Waals surface area contributed by atoms with Gasteiger partial charge in [-0.25, -0.2) is 0 Å². The molecule has 0 saturated carbocycles. The Morgan fingerprint density at radius 1 is 1.12 bits per heavy atom. The van der Waals surface area contributed by atoms with E-state index in [2.05, 4.69) is 5.32 Å². The lowest BCUT2D eigenvalue weighted by molar-refractivity contribution is -0.123. The Morgan fingerprint density at radius 3 is 2.46 bits per heavy atom. The molecule has 2 aromatic carbocycles. The summed E-state index contributed by atoms with van der Waals surface area (Å²) in [5.41, 5.74) is 6.00. The Morgan fingerprint density at radius 2 is 1.79 bits per heavy atom. The lowest BCUT2D eigenvalue weighted by atomic mass is 10.1. The van der Waals surface area contributed by atoms with Gasteiger partial charge in [-0.1, -0.05) is 30.3 Å². The molecule has 2 rings (SSSR count). The van der Waals surface area contributed by atoms with Crippen LogP contribution in [0.1, 0.15) is 11.7 Å². The molecule has 1 amide bonds. The number of hydrogen-bond acceptors (Lipinski definition) is 5. The molecule has 0 radical (unpaired) electrons. The van der Waals surface area contributed by atoms with Crippen LogP contribution in [0.25, 0.3) is 0 Å². The van der Waals surface area contributed by atoms with E-state index in [1.807, 2.05) is 30.3 Å². The average Bonchev–Trinajstić information content (AvgIpc) is 2.59. The van der Waals surface area contributed by atoms with E-state index >= 15 is 0 Å². The minimum Gasteiger partial charge on any atom is -0.457 e. The molecule has 24 heavy (non-hydrogen) atoms. The molecule has 7 heteroatoms. The fraction of sp³-hybridized carbons (Fsp3) is 0.235. The van der Waals surface area contributed by atoms with E-state index in [0.717, 1.165) is 0 Å². The minimum absolute atomic E-state index is 0. The number of nitrogens with two attached hydrogens (primary N) is 1. The van der Waals surface area contributed by atoms with Crippen molar-refractivity contribution in [2.75, 3.05) is 13.2 Å². The molecule has 0 aromatic heterocycles. The maximum absolute atomic E-state index is 11.5. The fourth-order valence-electron chi connectivity index (χ4n) is 1.94. The van der Waals surface area contributed by atoms with Crippen LogP contribution in [0.15, 0.2) is 54.6 Å². The number of ether oxygens (including phenoxy) is 1. The van der Waals surface area contributed by atoms with Crippen molar-refractivity contribution in [1.82, 2.24) is 5.32 Å². The van der Waals surface area contributed by atoms with Crippen molar-refractivity contribution in [3.63, 3.8) is 0 Å². The smallest absolute Gasteiger partial charge is 0.239 e. The molecule has 2 atom stereocenters. The summed E-state index contributed by atoms with van der Waals surface area (Å²) in [6, 6.07) is 15.3. The van der Waals surface area contributed by atoms with Crippen molar-refractivity contribution in [2.24, 2.45) is 5.73 Å². The monoisotopic (exact) mass is 352 g/mol. The number of hydrogen-bond donors (Lipinski definition) is 4. The summed E-state index contributed by atoms with van der Waals surface area (Å²) in [7, 11) is 0. The Bertz CT molecular complexity index is 639. The van der Waals surface area contributed by atoms with Crippen molar-refractivity contribution >= 4 is 18.3 Å². The zero-order valence-electron chi connectivity index (χ0n) is 13.0. The first kappa shape index (κ1) is 19.9. The van der Waals surface area contributed by atoms with E-state index in [1.54, 1.807) is 24.3 Å². The van der Waals surface area contributed by atoms with E-state index in [4.69, 9.17) is 15.6 Å². The average molecular weight is 353 g/mol. The fourth-order valence-corrected chi connectivity index (χ4v) is 1.94. The van der Waals surface area contributed by atoms with Crippen LogP contribution >= 0.6 is 12.4 Å². The molecule has 5 N–H and O–H groups in total. The molecule has 0 fully saturated rings. The van der Waals surface area contributed by atoms with Crippen molar-refractivity contribution in [3.8, 4) is 11.5 Å². The number of carbonyl (C=O) groups is 1. The zero-order chi connectivity index (χ0) is 16.7. The summed E-state index contributed by atoms with van der Waals surface area (Å²) >= 11 is 0. The summed E-state index contributed by atoms with van der Waals surface area (Å²) in [5, 5.41) is 21.4. The molecule has 0 spiro atoms. The van der Waals surface area contributed by atoms with Crippen LogP contribution in [-0.4, -0.2) is 35.3 Å². The van der Waals surface area contributed by atoms with Gasteiger partial charge in [-0.05, 0) is 29.8 Å². The highest BCUT2D eigenvalue weighted by Crippen LogP contribution is 2.24. The van der Waals surface area contributed by atoms with Gasteiger partial charge in [0.05, 0.1) is 12.7 Å². The number of carbonyl (C=O) groups excluding carboxylic acids is 1. The van der Waals surface area contributed by atoms with E-state index < -0.39 is 24.7 Å². The lowest BCUT2D eigenvalue weighted by Gasteiger charge is -2.15. The third kappa shape index (κ3) is 5.82. The molecule has 6 nitrogen and oxygen atoms in total. The third-order valence-electron chi connectivity index (χ3n) is 3.22. The van der Waals surface area contributed by atoms with Gasteiger partial charge in [-0.3, -0.25) is 4.79 Å². The molecule has 130 valence electrons. The Labute approximate surface area is 146 Å². The number of para-hydroxylation sites is 1. The molecular formula is C17H21ClN2O4. The van der Waals surface area contributed by atoms with Gasteiger partial charge in [0.15, 0.2) is 0 Å². The Kier molecular flexibility index (Phi) is 8.21. The second-order valence-corrected chi connectivity index (χ2v) is 5.04. The predicted molar refractivity (Wildman–Crippen MR) is 93.2 cm³/mol. The number of halogens is 1. The molecule has 0 aliphatic rings. The summed E-state index contributed by atoms with van der Waals surface area (Å²) < 4.78 is 5.70. The number of aliphatic hydroxyl groups excluding tert-OH is 2. The quantitative estimate of drug-likeness (QED) is 0.602. The van der Waals surface area contributed by atoms with E-state index in [1.165, 1.54) is 0 Å². The van der Waals surface area contributed by atoms with Crippen molar-refractivity contribution < 1.29 is 19.7 Å². The van der Waals surface area contributed by atoms with Crippen LogP contribution in [0, 0.1) is 0 Å². The van der Waals surface area contributed by atoms with E-state index in [0.29, 0.717) is 17.1 Å². The van der Waals surface area contributed by atoms with Crippen molar-refractivity contribution in [2.45, 2.75) is 12.1 Å². The van der Waals surface area contributed by atoms with Gasteiger partial charge in [0, 0.05) is 6.54 Å². The van der Waals surface area contributed by atoms with Gasteiger partial charge in [-0.15, -0.1) is 12.4 Å². The molecule has 0 bridgehead atoms. The predicted octanol–water partition coefficient (Wildman–Crippen LogP) is 1.37. The molecule has 2 aromatic rings. The topological polar surface area (TPSA) is 105 Å². The largest absolute Gasteiger partial charge is 0.457 e. The van der Waals surface area contributed by atoms with E-state index in [-0.39, 0.29) is 19.0 Å². The molecule has 0 saturated heterocycles. The molecule has 0 heterocycles. The summed E-state index contributed by atoms with van der Waals surface area (Å²) in [6.45, 7) is -0.441. The lowest BCUT2D eigenvalue weighted by Crippen LogP contribution is -2.44. The van der Waals surface area contributed by atoms with Crippen molar-refractivity contribution in [3.05, 3.63) is 60.2 Å². The van der Waals surface area contributed by atoms with Crippen LogP contribution in [0.4, 0.5) is 0 Å². The van der Waals surface area contributed by atoms with E-state index in [9.17, 15) is 9.90 Å². The number of aliphatic hydroxyl groups is 2. The Hall–Kier alpha value is -2.12. The maximum Gasteiger partial charge on any atom is 0.239 e. The first-order chi connectivity index (χ1) is 11.1. The van der Waals surface area contributed by atoms with Crippen molar-refractivity contribution in [1.29, 1.82) is 0 Å². The Balaban J connectivity index is 0.00000288. The van der Waals surface area contributed by atoms with Crippen LogP contribution < -0.4 is 15.8 Å². The highest BCUT2D eigenvalue weighted by atomic mass is 35.5. The third-order valence-corrected chi connectivity index (χ3v) is 3.22. The highest BCUT2D eigenvalue weighted by molar-refractivity contribution is 5.85. The van der Waals surface area contributed by atoms with Gasteiger partial charge in [0.1, 0.15) is 17.5 Å². The second kappa shape index (κ2) is 9.89. The van der Waals surface area contributed by atoms with Crippen LogP contribution in [0.5, 0.6) is 11.5 Å². The van der Waals surface area contributed by atoms with Gasteiger partial charge in [0.2, 0.25) is 5.91 Å². The first-order valence-electron chi connectivity index (χ1n) is 7.25. The standard InChI is InChI=1S/C17H20N2O4.ClH/c18-15(11-20)17(22)19-10-16(21)12-5-4-8-14(9-12)23-13-6-2-1-3-7-13;/h1-9,15-16,20-21H,10-11,18H2,(H,19,22);1H. The zero-order valence-corrected chi connectivity index (χ0v) is 13.8. The van der Waals surface area contributed by atoms with Gasteiger partial charge >= 0.3 is 0 Å². The van der Waals surface area contributed by atoms with Crippen LogP contribution in [0.2, 0.25) is 0 Å². The van der Waals surface area contributed by atoms with Gasteiger partial charge < -0.3 is 26.0 Å². The minimum atomic E-state index is -0.991. The van der Waals surface area contributed by atoms with Crippen LogP contribution in [0.3, 0.4) is 0 Å². The number of rotatable bonds is 7. The summed E-state index contributed by atoms with van der Waals surface area (Å²) in [5.74, 6) is 0.774. The first-order valence-corrected chi connectivity index (χ1v) is 7.25. The second-order valence-electron chi connectivity index (χ2n) is 5.04. The van der Waals surface area contributed by atoms with Gasteiger partial charge in [0.25, 0.3) is 0 Å². The molecule has 0 aliphatic carbocycles. The summed E-state index contributed by atoms with van der Waals surface area (Å²) in [4.78, 5) is 11.5.